The van der Waals surface area contributed by atoms with Crippen LogP contribution in [0, 0.1) is 0 Å². The summed E-state index contributed by atoms with van der Waals surface area (Å²) >= 11 is 12.1. The summed E-state index contributed by atoms with van der Waals surface area (Å²) in [6, 6.07) is 4.96. The molecule has 2 rings (SSSR count). The second-order valence-electron chi connectivity index (χ2n) is 5.22. The molecular formula is C15H17Cl2N3O2. The van der Waals surface area contributed by atoms with Gasteiger partial charge >= 0.3 is 0 Å². The van der Waals surface area contributed by atoms with Crippen molar-refractivity contribution in [3.05, 3.63) is 33.8 Å². The van der Waals surface area contributed by atoms with Gasteiger partial charge in [0, 0.05) is 37.0 Å². The molecule has 0 N–H and O–H groups in total. The first-order valence-electron chi connectivity index (χ1n) is 6.87. The van der Waals surface area contributed by atoms with Gasteiger partial charge in [0.15, 0.2) is 0 Å². The zero-order valence-electron chi connectivity index (χ0n) is 12.6. The molecule has 1 atom stereocenters. The van der Waals surface area contributed by atoms with Crippen LogP contribution in [0.15, 0.2) is 23.3 Å². The summed E-state index contributed by atoms with van der Waals surface area (Å²) in [4.78, 5) is 25.5. The molecule has 1 aliphatic rings. The number of hydrogen-bond acceptors (Lipinski definition) is 3. The van der Waals surface area contributed by atoms with Gasteiger partial charge in [0.1, 0.15) is 5.71 Å². The maximum atomic E-state index is 12.5. The van der Waals surface area contributed by atoms with Crippen molar-refractivity contribution in [2.24, 2.45) is 5.10 Å². The Kier molecular flexibility index (Phi) is 5.08. The van der Waals surface area contributed by atoms with Crippen molar-refractivity contribution >= 4 is 40.7 Å². The number of benzene rings is 1. The van der Waals surface area contributed by atoms with Gasteiger partial charge in [-0.2, -0.15) is 5.10 Å². The molecule has 0 saturated carbocycles. The van der Waals surface area contributed by atoms with Crippen LogP contribution in [0.3, 0.4) is 0 Å². The normalized spacial score (nSPS) is 16.3. The van der Waals surface area contributed by atoms with Crippen molar-refractivity contribution < 1.29 is 9.59 Å². The van der Waals surface area contributed by atoms with Gasteiger partial charge in [-0.1, -0.05) is 29.3 Å². The van der Waals surface area contributed by atoms with Crippen LogP contribution in [0.25, 0.3) is 0 Å². The minimum Gasteiger partial charge on any atom is -0.334 e. The zero-order chi connectivity index (χ0) is 16.4. The molecule has 0 saturated heterocycles. The molecule has 0 aliphatic carbocycles. The second kappa shape index (κ2) is 6.67. The lowest BCUT2D eigenvalue weighted by molar-refractivity contribution is -0.130. The third kappa shape index (κ3) is 3.42. The highest BCUT2D eigenvalue weighted by atomic mass is 35.5. The van der Waals surface area contributed by atoms with E-state index in [4.69, 9.17) is 23.2 Å². The maximum absolute atomic E-state index is 12.5. The fourth-order valence-electron chi connectivity index (χ4n) is 2.25. The molecule has 22 heavy (non-hydrogen) atoms. The van der Waals surface area contributed by atoms with Crippen LogP contribution in [0.4, 0.5) is 0 Å². The number of nitrogens with zero attached hydrogens (tertiary/aromatic N) is 3. The molecular weight excluding hydrogens is 325 g/mol. The predicted octanol–water partition coefficient (Wildman–Crippen LogP) is 3.12. The van der Waals surface area contributed by atoms with Crippen LogP contribution in [-0.2, 0) is 9.59 Å². The van der Waals surface area contributed by atoms with Crippen molar-refractivity contribution in [1.82, 2.24) is 9.91 Å². The van der Waals surface area contributed by atoms with E-state index in [1.54, 1.807) is 37.2 Å². The third-order valence-electron chi connectivity index (χ3n) is 3.77. The molecule has 0 radical (unpaired) electrons. The second-order valence-corrected chi connectivity index (χ2v) is 6.07. The molecule has 0 bridgehead atoms. The largest absolute Gasteiger partial charge is 0.334 e. The van der Waals surface area contributed by atoms with Crippen LogP contribution in [0.1, 0.15) is 31.4 Å². The molecule has 2 amide bonds. The predicted molar refractivity (Wildman–Crippen MR) is 87.1 cm³/mol. The minimum atomic E-state index is -0.233. The van der Waals surface area contributed by atoms with Gasteiger partial charge in [-0.05, 0) is 24.6 Å². The average molecular weight is 342 g/mol. The summed E-state index contributed by atoms with van der Waals surface area (Å²) < 4.78 is 0. The molecule has 0 aromatic heterocycles. The maximum Gasteiger partial charge on any atom is 0.270 e. The SMILES string of the molecule is CC(c1ccc(Cl)cc1Cl)N(C)C(=O)C1=NN(C)C(=O)CC1. The number of amides is 2. The monoisotopic (exact) mass is 341 g/mol. The van der Waals surface area contributed by atoms with E-state index in [-0.39, 0.29) is 17.9 Å². The van der Waals surface area contributed by atoms with E-state index in [1.165, 1.54) is 5.01 Å². The summed E-state index contributed by atoms with van der Waals surface area (Å²) in [5, 5.41) is 6.32. The first kappa shape index (κ1) is 16.8. The van der Waals surface area contributed by atoms with Crippen molar-refractivity contribution in [3.8, 4) is 0 Å². The highest BCUT2D eigenvalue weighted by Gasteiger charge is 2.27. The lowest BCUT2D eigenvalue weighted by Gasteiger charge is -2.28. The van der Waals surface area contributed by atoms with Gasteiger partial charge in [-0.15, -0.1) is 0 Å². The Balaban J connectivity index is 2.20. The quantitative estimate of drug-likeness (QED) is 0.847. The van der Waals surface area contributed by atoms with E-state index in [0.717, 1.165) is 5.56 Å². The number of carbonyl (C=O) groups is 2. The van der Waals surface area contributed by atoms with Gasteiger partial charge in [-0.25, -0.2) is 5.01 Å². The molecule has 5 nitrogen and oxygen atoms in total. The molecule has 1 heterocycles. The van der Waals surface area contributed by atoms with Crippen LogP contribution < -0.4 is 0 Å². The standard InChI is InChI=1S/C15H17Cl2N3O2/c1-9(11-5-4-10(16)8-12(11)17)19(2)15(22)13-6-7-14(21)20(3)18-13/h4-5,8-9H,6-7H2,1-3H3. The summed E-state index contributed by atoms with van der Waals surface area (Å²) in [5.41, 5.74) is 1.18. The Hall–Kier alpha value is -1.59. The molecule has 1 unspecified atom stereocenters. The van der Waals surface area contributed by atoms with E-state index >= 15 is 0 Å². The lowest BCUT2D eigenvalue weighted by atomic mass is 10.1. The topological polar surface area (TPSA) is 53.0 Å². The van der Waals surface area contributed by atoms with E-state index < -0.39 is 0 Å². The van der Waals surface area contributed by atoms with Crippen LogP contribution >= 0.6 is 23.2 Å². The van der Waals surface area contributed by atoms with Crippen molar-refractivity contribution in [2.75, 3.05) is 14.1 Å². The Morgan fingerprint density at radius 2 is 2.05 bits per heavy atom. The summed E-state index contributed by atoms with van der Waals surface area (Å²) in [6.07, 6.45) is 0.651. The first-order chi connectivity index (χ1) is 10.3. The molecule has 7 heteroatoms. The number of carbonyl (C=O) groups excluding carboxylic acids is 2. The van der Waals surface area contributed by atoms with E-state index in [9.17, 15) is 9.59 Å². The minimum absolute atomic E-state index is 0.0898. The van der Waals surface area contributed by atoms with Crippen molar-refractivity contribution in [3.63, 3.8) is 0 Å². The fourth-order valence-corrected chi connectivity index (χ4v) is 2.82. The van der Waals surface area contributed by atoms with Gasteiger partial charge in [0.2, 0.25) is 5.91 Å². The molecule has 1 aromatic rings. The average Bonchev–Trinajstić information content (AvgIpc) is 2.48. The number of rotatable bonds is 3. The number of halogens is 2. The van der Waals surface area contributed by atoms with Gasteiger partial charge in [0.05, 0.1) is 6.04 Å². The Labute approximate surface area is 139 Å². The molecule has 0 spiro atoms. The van der Waals surface area contributed by atoms with Crippen LogP contribution in [0.2, 0.25) is 10.0 Å². The number of hydrogen-bond donors (Lipinski definition) is 0. The highest BCUT2D eigenvalue weighted by Crippen LogP contribution is 2.29. The van der Waals surface area contributed by atoms with Gasteiger partial charge < -0.3 is 4.90 Å². The highest BCUT2D eigenvalue weighted by molar-refractivity contribution is 6.39. The number of hydrazone groups is 1. The molecule has 1 aliphatic heterocycles. The zero-order valence-corrected chi connectivity index (χ0v) is 14.1. The van der Waals surface area contributed by atoms with Crippen molar-refractivity contribution in [2.45, 2.75) is 25.8 Å². The van der Waals surface area contributed by atoms with Gasteiger partial charge in [0.25, 0.3) is 5.91 Å². The van der Waals surface area contributed by atoms with Crippen LogP contribution in [0.5, 0.6) is 0 Å². The smallest absolute Gasteiger partial charge is 0.270 e. The Morgan fingerprint density at radius 1 is 1.36 bits per heavy atom. The van der Waals surface area contributed by atoms with E-state index in [2.05, 4.69) is 5.10 Å². The van der Waals surface area contributed by atoms with E-state index in [0.29, 0.717) is 28.6 Å². The van der Waals surface area contributed by atoms with Gasteiger partial charge in [-0.3, -0.25) is 9.59 Å². The molecule has 0 fully saturated rings. The Morgan fingerprint density at radius 3 is 2.64 bits per heavy atom. The fraction of sp³-hybridized carbons (Fsp3) is 0.400. The molecule has 118 valence electrons. The first-order valence-corrected chi connectivity index (χ1v) is 7.63. The van der Waals surface area contributed by atoms with E-state index in [1.807, 2.05) is 6.92 Å². The Bertz CT molecular complexity index is 646. The summed E-state index contributed by atoms with van der Waals surface area (Å²) in [6.45, 7) is 1.88. The molecule has 1 aromatic carbocycles. The third-order valence-corrected chi connectivity index (χ3v) is 4.33. The summed E-state index contributed by atoms with van der Waals surface area (Å²) in [5.74, 6) is -0.300. The summed E-state index contributed by atoms with van der Waals surface area (Å²) in [7, 11) is 3.24. The lowest BCUT2D eigenvalue weighted by Crippen LogP contribution is -2.39. The van der Waals surface area contributed by atoms with Crippen molar-refractivity contribution in [1.29, 1.82) is 0 Å². The van der Waals surface area contributed by atoms with Crippen LogP contribution in [-0.4, -0.2) is 41.5 Å².